The van der Waals surface area contributed by atoms with Crippen molar-refractivity contribution in [2.75, 3.05) is 0 Å². The first-order chi connectivity index (χ1) is 13.2. The van der Waals surface area contributed by atoms with Gasteiger partial charge in [-0.1, -0.05) is 23.3 Å². The predicted octanol–water partition coefficient (Wildman–Crippen LogP) is 5.58. The van der Waals surface area contributed by atoms with Crippen LogP contribution in [0.3, 0.4) is 0 Å². The Bertz CT molecular complexity index is 831. The largest absolute Gasteiger partial charge is 0.540 e. The Morgan fingerprint density at radius 3 is 2.64 bits per heavy atom. The van der Waals surface area contributed by atoms with Crippen molar-refractivity contribution < 1.29 is 19.3 Å². The third-order valence-electron chi connectivity index (χ3n) is 4.98. The normalized spacial score (nSPS) is 18.2. The lowest BCUT2D eigenvalue weighted by atomic mass is 9.92. The number of benzene rings is 1. The Kier molecular flexibility index (Phi) is 7.17. The second-order valence-electron chi connectivity index (χ2n) is 7.89. The molecule has 0 aliphatic carbocycles. The number of allylic oxidation sites excluding steroid dienone is 4. The van der Waals surface area contributed by atoms with Crippen LogP contribution in [0.15, 0.2) is 35.4 Å². The molecule has 0 saturated carbocycles. The second-order valence-corrected chi connectivity index (χ2v) is 7.89. The van der Waals surface area contributed by atoms with Gasteiger partial charge in [-0.15, -0.1) is 0 Å². The number of phenolic OH excluding ortho intramolecular Hbond substituents is 1. The van der Waals surface area contributed by atoms with Crippen molar-refractivity contribution in [2.24, 2.45) is 0 Å². The highest BCUT2D eigenvalue weighted by atomic mass is 16.5. The van der Waals surface area contributed by atoms with Crippen LogP contribution in [0.1, 0.15) is 74.9 Å². The molecule has 0 unspecified atom stereocenters. The highest BCUT2D eigenvalue weighted by Crippen LogP contribution is 2.41. The van der Waals surface area contributed by atoms with Crippen LogP contribution in [0.4, 0.5) is 0 Å². The highest BCUT2D eigenvalue weighted by Gasteiger charge is 2.30. The van der Waals surface area contributed by atoms with Gasteiger partial charge in [-0.25, -0.2) is 4.79 Å². The Balaban J connectivity index is 2.09. The van der Waals surface area contributed by atoms with Crippen molar-refractivity contribution >= 4 is 20.1 Å². The van der Waals surface area contributed by atoms with E-state index in [1.54, 1.807) is 19.1 Å². The lowest BCUT2D eigenvalue weighted by Gasteiger charge is -2.32. The summed E-state index contributed by atoms with van der Waals surface area (Å²) >= 11 is 0. The van der Waals surface area contributed by atoms with Crippen LogP contribution in [-0.2, 0) is 4.65 Å². The third-order valence-corrected chi connectivity index (χ3v) is 4.98. The fraction of sp³-hybridized carbons (Fsp3) is 0.435. The van der Waals surface area contributed by atoms with Gasteiger partial charge in [0, 0.05) is 0 Å². The summed E-state index contributed by atoms with van der Waals surface area (Å²) in [5, 5.41) is 10.5. The van der Waals surface area contributed by atoms with Gasteiger partial charge in [-0.05, 0) is 84.1 Å². The molecule has 1 aliphatic heterocycles. The van der Waals surface area contributed by atoms with E-state index in [-0.39, 0.29) is 11.3 Å². The second kappa shape index (κ2) is 9.18. The maximum Gasteiger partial charge on any atom is 0.378 e. The summed E-state index contributed by atoms with van der Waals surface area (Å²) < 4.78 is 10.4. The topological polar surface area (TPSA) is 55.8 Å². The van der Waals surface area contributed by atoms with E-state index in [2.05, 4.69) is 37.6 Å². The zero-order valence-corrected chi connectivity index (χ0v) is 17.5. The number of aryl methyl sites for hydroxylation is 1. The van der Waals surface area contributed by atoms with E-state index < -0.39 is 11.6 Å². The molecule has 5 heteroatoms. The molecule has 0 bridgehead atoms. The Morgan fingerprint density at radius 2 is 2.00 bits per heavy atom. The van der Waals surface area contributed by atoms with E-state index in [0.29, 0.717) is 16.9 Å². The highest BCUT2D eigenvalue weighted by molar-refractivity contribution is 6.11. The Morgan fingerprint density at radius 1 is 1.29 bits per heavy atom. The Hall–Kier alpha value is -2.43. The number of phenols is 1. The van der Waals surface area contributed by atoms with Gasteiger partial charge in [-0.2, -0.15) is 0 Å². The maximum atomic E-state index is 11.8. The quantitative estimate of drug-likeness (QED) is 0.496. The SMILES string of the molecule is [B]OC(=O)c1c(C)cc2c(c1O)C=C[C@](C)(CC/C=C(\C)CCC=C(C)C)O2. The number of ether oxygens (including phenoxy) is 1. The van der Waals surface area contributed by atoms with Gasteiger partial charge >= 0.3 is 14.0 Å². The fourth-order valence-electron chi connectivity index (χ4n) is 3.32. The fourth-order valence-corrected chi connectivity index (χ4v) is 3.32. The summed E-state index contributed by atoms with van der Waals surface area (Å²) in [7, 11) is 4.97. The van der Waals surface area contributed by atoms with Gasteiger partial charge in [0.2, 0.25) is 0 Å². The van der Waals surface area contributed by atoms with Crippen LogP contribution >= 0.6 is 0 Å². The summed E-state index contributed by atoms with van der Waals surface area (Å²) in [6, 6.07) is 1.74. The molecule has 1 atom stereocenters. The summed E-state index contributed by atoms with van der Waals surface area (Å²) in [5.41, 5.74) is 3.34. The van der Waals surface area contributed by atoms with Crippen LogP contribution in [0.5, 0.6) is 11.5 Å². The minimum Gasteiger partial charge on any atom is -0.540 e. The molecule has 0 saturated heterocycles. The van der Waals surface area contributed by atoms with Crippen LogP contribution in [0.2, 0.25) is 0 Å². The molecule has 2 rings (SSSR count). The molecule has 2 radical (unpaired) electrons. The van der Waals surface area contributed by atoms with Crippen LogP contribution in [-0.4, -0.2) is 24.7 Å². The number of hydrogen-bond acceptors (Lipinski definition) is 4. The van der Waals surface area contributed by atoms with E-state index in [1.807, 2.05) is 13.0 Å². The van der Waals surface area contributed by atoms with Crippen molar-refractivity contribution in [3.8, 4) is 11.5 Å². The lowest BCUT2D eigenvalue weighted by Crippen LogP contribution is -2.32. The molecule has 1 N–H and O–H groups in total. The van der Waals surface area contributed by atoms with Gasteiger partial charge in [0.05, 0.1) is 5.56 Å². The van der Waals surface area contributed by atoms with Crippen molar-refractivity contribution in [1.29, 1.82) is 0 Å². The molecule has 28 heavy (non-hydrogen) atoms. The van der Waals surface area contributed by atoms with Crippen molar-refractivity contribution in [3.05, 3.63) is 52.1 Å². The van der Waals surface area contributed by atoms with Crippen LogP contribution in [0, 0.1) is 6.92 Å². The monoisotopic (exact) mass is 380 g/mol. The average molecular weight is 380 g/mol. The first kappa shape index (κ1) is 21.9. The van der Waals surface area contributed by atoms with E-state index in [0.717, 1.165) is 25.7 Å². The van der Waals surface area contributed by atoms with Gasteiger partial charge in [-0.3, -0.25) is 0 Å². The minimum atomic E-state index is -0.770. The zero-order chi connectivity index (χ0) is 20.9. The first-order valence-electron chi connectivity index (χ1n) is 9.61. The maximum absolute atomic E-state index is 11.8. The van der Waals surface area contributed by atoms with Gasteiger partial charge in [0.1, 0.15) is 22.7 Å². The molecular weight excluding hydrogens is 351 g/mol. The summed E-state index contributed by atoms with van der Waals surface area (Å²) in [6.07, 6.45) is 12.1. The number of hydrogen-bond donors (Lipinski definition) is 1. The summed E-state index contributed by atoms with van der Waals surface area (Å²) in [6.45, 7) is 10.1. The number of carbonyl (C=O) groups is 1. The zero-order valence-electron chi connectivity index (χ0n) is 17.5. The molecule has 1 heterocycles. The molecule has 0 aromatic heterocycles. The standard InChI is InChI=1S/C23H29BO4/c1-15(2)8-6-9-16(3)10-7-12-23(5)13-11-18-19(27-23)14-17(4)20(21(18)25)22(26)28-24/h8,10-11,13-14,25H,6-7,9,12H2,1-5H3/b16-10+/t23-/m0/s1. The average Bonchev–Trinajstić information content (AvgIpc) is 2.60. The van der Waals surface area contributed by atoms with Crippen molar-refractivity contribution in [2.45, 2.75) is 65.9 Å². The van der Waals surface area contributed by atoms with Gasteiger partial charge in [0.15, 0.2) is 0 Å². The van der Waals surface area contributed by atoms with Crippen molar-refractivity contribution in [3.63, 3.8) is 0 Å². The van der Waals surface area contributed by atoms with Crippen LogP contribution in [0.25, 0.3) is 6.08 Å². The lowest BCUT2D eigenvalue weighted by molar-refractivity contribution is 0.0745. The summed E-state index contributed by atoms with van der Waals surface area (Å²) in [4.78, 5) is 11.8. The molecule has 4 nitrogen and oxygen atoms in total. The number of carbonyl (C=O) groups excluding carboxylic acids is 1. The molecule has 148 valence electrons. The third kappa shape index (κ3) is 5.31. The predicted molar refractivity (Wildman–Crippen MR) is 114 cm³/mol. The number of aromatic hydroxyl groups is 1. The first-order valence-corrected chi connectivity index (χ1v) is 9.61. The molecule has 1 aliphatic rings. The molecule has 0 spiro atoms. The number of fused-ring (bicyclic) bond motifs is 1. The molecule has 1 aromatic rings. The smallest absolute Gasteiger partial charge is 0.378 e. The van der Waals surface area contributed by atoms with Gasteiger partial charge < -0.3 is 14.5 Å². The molecule has 1 aromatic carbocycles. The minimum absolute atomic E-state index is 0.0630. The molecule has 0 fully saturated rings. The van der Waals surface area contributed by atoms with Crippen LogP contribution < -0.4 is 4.74 Å². The molecular formula is C23H29BO4. The molecule has 0 amide bonds. The summed E-state index contributed by atoms with van der Waals surface area (Å²) in [5.74, 6) is -0.384. The Labute approximate surface area is 169 Å². The van der Waals surface area contributed by atoms with E-state index in [1.165, 1.54) is 11.1 Å². The van der Waals surface area contributed by atoms with Gasteiger partial charge in [0.25, 0.3) is 0 Å². The van der Waals surface area contributed by atoms with E-state index in [4.69, 9.17) is 12.8 Å². The number of rotatable bonds is 7. The van der Waals surface area contributed by atoms with Crippen molar-refractivity contribution in [1.82, 2.24) is 0 Å². The van der Waals surface area contributed by atoms with E-state index >= 15 is 0 Å². The van der Waals surface area contributed by atoms with E-state index in [9.17, 15) is 9.90 Å².